The van der Waals surface area contributed by atoms with Gasteiger partial charge < -0.3 is 0 Å². The number of aromatic nitrogens is 2. The van der Waals surface area contributed by atoms with Crippen molar-refractivity contribution in [1.29, 1.82) is 0 Å². The first kappa shape index (κ1) is 11.0. The maximum atomic E-state index is 12.4. The van der Waals surface area contributed by atoms with Crippen molar-refractivity contribution in [1.82, 2.24) is 10.2 Å². The van der Waals surface area contributed by atoms with Crippen LogP contribution in [0.25, 0.3) is 10.9 Å². The Hall–Kier alpha value is -2.14. The molecular weight excluding hydrogens is 248 g/mol. The molecule has 5 heteroatoms. The normalized spacial score (nSPS) is 11.8. The summed E-state index contributed by atoms with van der Waals surface area (Å²) in [5, 5.41) is 7.38. The van der Waals surface area contributed by atoms with Crippen molar-refractivity contribution in [2.75, 3.05) is 0 Å². The molecule has 4 nitrogen and oxygen atoms in total. The molecule has 90 valence electrons. The lowest BCUT2D eigenvalue weighted by molar-refractivity contribution is 0.593. The average Bonchev–Trinajstić information content (AvgIpc) is 2.84. The third kappa shape index (κ3) is 1.60. The van der Waals surface area contributed by atoms with Gasteiger partial charge in [0, 0.05) is 5.39 Å². The van der Waals surface area contributed by atoms with Gasteiger partial charge in [-0.05, 0) is 24.3 Å². The summed E-state index contributed by atoms with van der Waals surface area (Å²) in [4.78, 5) is 0.263. The quantitative estimate of drug-likeness (QED) is 0.767. The van der Waals surface area contributed by atoms with E-state index in [1.54, 1.807) is 48.5 Å². The lowest BCUT2D eigenvalue weighted by Crippen LogP contribution is -2.02. The summed E-state index contributed by atoms with van der Waals surface area (Å²) in [6.07, 6.45) is 0. The zero-order valence-electron chi connectivity index (χ0n) is 9.37. The molecule has 0 unspecified atom stereocenters. The molecule has 0 radical (unpaired) electrons. The van der Waals surface area contributed by atoms with Crippen LogP contribution in [0, 0.1) is 0 Å². The molecule has 18 heavy (non-hydrogen) atoms. The predicted molar refractivity (Wildman–Crippen MR) is 68.0 cm³/mol. The van der Waals surface area contributed by atoms with Gasteiger partial charge in [0.15, 0.2) is 5.03 Å². The van der Waals surface area contributed by atoms with Gasteiger partial charge in [-0.1, -0.05) is 30.3 Å². The summed E-state index contributed by atoms with van der Waals surface area (Å²) in [5.74, 6) is 0. The van der Waals surface area contributed by atoms with Crippen LogP contribution < -0.4 is 0 Å². The first-order valence-corrected chi connectivity index (χ1v) is 6.91. The Bertz CT molecular complexity index is 792. The average molecular weight is 258 g/mol. The van der Waals surface area contributed by atoms with Crippen LogP contribution in [0.1, 0.15) is 0 Å². The van der Waals surface area contributed by atoms with Gasteiger partial charge in [0.05, 0.1) is 10.4 Å². The first-order chi connectivity index (χ1) is 8.69. The van der Waals surface area contributed by atoms with Crippen LogP contribution in [0.2, 0.25) is 0 Å². The van der Waals surface area contributed by atoms with Crippen LogP contribution in [-0.4, -0.2) is 18.6 Å². The largest absolute Gasteiger partial charge is 0.266 e. The van der Waals surface area contributed by atoms with Crippen molar-refractivity contribution in [3.8, 4) is 0 Å². The number of nitrogens with zero attached hydrogens (tertiary/aromatic N) is 1. The van der Waals surface area contributed by atoms with Crippen LogP contribution in [0.15, 0.2) is 64.5 Å². The number of aromatic amines is 1. The monoisotopic (exact) mass is 258 g/mol. The van der Waals surface area contributed by atoms with E-state index in [4.69, 9.17) is 0 Å². The smallest absolute Gasteiger partial charge is 0.223 e. The van der Waals surface area contributed by atoms with Gasteiger partial charge in [-0.15, -0.1) is 0 Å². The zero-order chi connectivity index (χ0) is 12.6. The standard InChI is InChI=1S/C13H10N2O2S/c16-18(17,10-6-2-1-3-7-10)13-11-8-4-5-9-12(11)14-15-13/h1-9H,(H,14,15). The second kappa shape index (κ2) is 3.96. The van der Waals surface area contributed by atoms with Gasteiger partial charge in [0.25, 0.3) is 0 Å². The maximum absolute atomic E-state index is 12.4. The van der Waals surface area contributed by atoms with E-state index in [-0.39, 0.29) is 9.92 Å². The molecule has 0 aliphatic carbocycles. The van der Waals surface area contributed by atoms with Gasteiger partial charge in [-0.3, -0.25) is 5.10 Å². The zero-order valence-corrected chi connectivity index (χ0v) is 10.2. The molecule has 3 rings (SSSR count). The summed E-state index contributed by atoms with van der Waals surface area (Å²) in [5.41, 5.74) is 0.645. The molecule has 1 N–H and O–H groups in total. The van der Waals surface area contributed by atoms with Crippen molar-refractivity contribution in [2.24, 2.45) is 0 Å². The van der Waals surface area contributed by atoms with Gasteiger partial charge in [-0.25, -0.2) is 8.42 Å². The minimum atomic E-state index is -3.54. The number of sulfone groups is 1. The molecule has 0 saturated carbocycles. The van der Waals surface area contributed by atoms with Gasteiger partial charge in [0.1, 0.15) is 0 Å². The minimum absolute atomic E-state index is 0.143. The lowest BCUT2D eigenvalue weighted by Gasteiger charge is -2.01. The molecule has 1 aromatic heterocycles. The number of benzene rings is 2. The molecular formula is C13H10N2O2S. The number of H-pyrrole nitrogens is 1. The Balaban J connectivity index is 2.27. The molecule has 0 aliphatic heterocycles. The van der Waals surface area contributed by atoms with E-state index in [1.807, 2.05) is 6.07 Å². The fourth-order valence-corrected chi connectivity index (χ4v) is 3.24. The van der Waals surface area contributed by atoms with Gasteiger partial charge in [0.2, 0.25) is 9.84 Å². The highest BCUT2D eigenvalue weighted by Gasteiger charge is 2.22. The van der Waals surface area contributed by atoms with Crippen LogP contribution in [-0.2, 0) is 9.84 Å². The molecule has 0 amide bonds. The molecule has 0 spiro atoms. The minimum Gasteiger partial charge on any atom is -0.266 e. The lowest BCUT2D eigenvalue weighted by atomic mass is 10.3. The Morgan fingerprint density at radius 2 is 1.56 bits per heavy atom. The number of rotatable bonds is 2. The van der Waals surface area contributed by atoms with E-state index in [9.17, 15) is 8.42 Å². The topological polar surface area (TPSA) is 62.8 Å². The van der Waals surface area contributed by atoms with E-state index in [2.05, 4.69) is 10.2 Å². The third-order valence-electron chi connectivity index (χ3n) is 2.75. The fraction of sp³-hybridized carbons (Fsp3) is 0. The number of hydrogen-bond donors (Lipinski definition) is 1. The summed E-state index contributed by atoms with van der Waals surface area (Å²) >= 11 is 0. The predicted octanol–water partition coefficient (Wildman–Crippen LogP) is 2.40. The van der Waals surface area contributed by atoms with Gasteiger partial charge >= 0.3 is 0 Å². The van der Waals surface area contributed by atoms with Crippen molar-refractivity contribution < 1.29 is 8.42 Å². The molecule has 0 saturated heterocycles. The highest BCUT2D eigenvalue weighted by molar-refractivity contribution is 7.91. The van der Waals surface area contributed by atoms with E-state index >= 15 is 0 Å². The molecule has 2 aromatic carbocycles. The number of fused-ring (bicyclic) bond motifs is 1. The Morgan fingerprint density at radius 3 is 2.33 bits per heavy atom. The van der Waals surface area contributed by atoms with Crippen LogP contribution in [0.4, 0.5) is 0 Å². The molecule has 1 heterocycles. The second-order valence-electron chi connectivity index (χ2n) is 3.89. The molecule has 0 aliphatic rings. The Labute approximate surface area is 104 Å². The summed E-state index contributed by atoms with van der Waals surface area (Å²) in [6, 6.07) is 15.5. The van der Waals surface area contributed by atoms with Crippen molar-refractivity contribution >= 4 is 20.7 Å². The van der Waals surface area contributed by atoms with Crippen molar-refractivity contribution in [2.45, 2.75) is 9.92 Å². The fourth-order valence-electron chi connectivity index (χ4n) is 1.86. The van der Waals surface area contributed by atoms with Crippen LogP contribution in [0.3, 0.4) is 0 Å². The van der Waals surface area contributed by atoms with Gasteiger partial charge in [-0.2, -0.15) is 5.10 Å². The SMILES string of the molecule is O=S(=O)(c1ccccc1)c1[nH]nc2ccccc12. The number of hydrogen-bond acceptors (Lipinski definition) is 3. The molecule has 3 aromatic rings. The van der Waals surface area contributed by atoms with E-state index < -0.39 is 9.84 Å². The highest BCUT2D eigenvalue weighted by Crippen LogP contribution is 2.25. The summed E-state index contributed by atoms with van der Waals surface area (Å²) in [6.45, 7) is 0. The van der Waals surface area contributed by atoms with E-state index in [0.29, 0.717) is 10.9 Å². The highest BCUT2D eigenvalue weighted by atomic mass is 32.2. The van der Waals surface area contributed by atoms with E-state index in [0.717, 1.165) is 0 Å². The third-order valence-corrected chi connectivity index (χ3v) is 4.49. The molecule has 0 atom stereocenters. The molecule has 0 fully saturated rings. The van der Waals surface area contributed by atoms with E-state index in [1.165, 1.54) is 0 Å². The van der Waals surface area contributed by atoms with Crippen molar-refractivity contribution in [3.63, 3.8) is 0 Å². The Kier molecular flexibility index (Phi) is 2.41. The second-order valence-corrected chi connectivity index (χ2v) is 5.77. The number of nitrogens with one attached hydrogen (secondary N) is 1. The summed E-state index contributed by atoms with van der Waals surface area (Å²) in [7, 11) is -3.54. The summed E-state index contributed by atoms with van der Waals surface area (Å²) < 4.78 is 24.9. The first-order valence-electron chi connectivity index (χ1n) is 5.43. The van der Waals surface area contributed by atoms with Crippen LogP contribution >= 0.6 is 0 Å². The Morgan fingerprint density at radius 1 is 0.889 bits per heavy atom. The number of para-hydroxylation sites is 1. The van der Waals surface area contributed by atoms with Crippen molar-refractivity contribution in [3.05, 3.63) is 54.6 Å². The maximum Gasteiger partial charge on any atom is 0.223 e. The molecule has 0 bridgehead atoms. The van der Waals surface area contributed by atoms with Crippen LogP contribution in [0.5, 0.6) is 0 Å².